The third-order valence-corrected chi connectivity index (χ3v) is 5.57. The molecule has 2 saturated carbocycles. The molecule has 4 rings (SSSR count). The molecule has 2 aromatic rings. The standard InChI is InChI=1S/C16H18N2O2S/c1-16(20)6-11(7-16)18-15(19)10-4-14-12(17-8-10)5-13(21-14)9-2-3-9/h4-5,8-9,11,20H,2-3,6-7H2,1H3,(H,18,19)/t11-,16+. The number of fused-ring (bicyclic) bond motifs is 1. The first-order valence-electron chi connectivity index (χ1n) is 7.43. The van der Waals surface area contributed by atoms with Crippen molar-refractivity contribution in [3.05, 3.63) is 28.8 Å². The number of amides is 1. The normalized spacial score (nSPS) is 28.4. The minimum absolute atomic E-state index is 0.0774. The molecule has 0 aromatic carbocycles. The van der Waals surface area contributed by atoms with Gasteiger partial charge in [0.05, 0.1) is 21.4 Å². The van der Waals surface area contributed by atoms with Gasteiger partial charge in [-0.15, -0.1) is 11.3 Å². The molecule has 0 aliphatic heterocycles. The lowest BCUT2D eigenvalue weighted by Gasteiger charge is -2.41. The van der Waals surface area contributed by atoms with Crippen molar-refractivity contribution in [2.24, 2.45) is 0 Å². The highest BCUT2D eigenvalue weighted by molar-refractivity contribution is 7.19. The number of thiophene rings is 1. The van der Waals surface area contributed by atoms with Crippen molar-refractivity contribution in [1.29, 1.82) is 0 Å². The Balaban J connectivity index is 1.51. The summed E-state index contributed by atoms with van der Waals surface area (Å²) in [7, 11) is 0. The van der Waals surface area contributed by atoms with E-state index < -0.39 is 5.60 Å². The summed E-state index contributed by atoms with van der Waals surface area (Å²) in [6, 6.07) is 4.17. The van der Waals surface area contributed by atoms with Gasteiger partial charge in [-0.1, -0.05) is 0 Å². The first-order valence-corrected chi connectivity index (χ1v) is 8.25. The van der Waals surface area contributed by atoms with Crippen molar-refractivity contribution in [3.8, 4) is 0 Å². The molecule has 4 nitrogen and oxygen atoms in total. The number of carbonyl (C=O) groups is 1. The van der Waals surface area contributed by atoms with Crippen LogP contribution < -0.4 is 5.32 Å². The summed E-state index contributed by atoms with van der Waals surface area (Å²) in [6.45, 7) is 1.80. The molecule has 1 amide bonds. The van der Waals surface area contributed by atoms with E-state index in [1.54, 1.807) is 24.5 Å². The first kappa shape index (κ1) is 13.2. The van der Waals surface area contributed by atoms with Crippen LogP contribution in [-0.2, 0) is 0 Å². The van der Waals surface area contributed by atoms with Gasteiger partial charge in [-0.25, -0.2) is 0 Å². The highest BCUT2D eigenvalue weighted by Crippen LogP contribution is 2.44. The highest BCUT2D eigenvalue weighted by Gasteiger charge is 2.39. The van der Waals surface area contributed by atoms with Crippen LogP contribution in [0.25, 0.3) is 10.2 Å². The van der Waals surface area contributed by atoms with Crippen molar-refractivity contribution in [2.75, 3.05) is 0 Å². The number of hydrogen-bond acceptors (Lipinski definition) is 4. The van der Waals surface area contributed by atoms with Gasteiger partial charge in [0, 0.05) is 17.1 Å². The summed E-state index contributed by atoms with van der Waals surface area (Å²) in [5.74, 6) is 0.630. The largest absolute Gasteiger partial charge is 0.390 e. The van der Waals surface area contributed by atoms with Crippen molar-refractivity contribution < 1.29 is 9.90 Å². The van der Waals surface area contributed by atoms with E-state index in [-0.39, 0.29) is 11.9 Å². The molecule has 5 heteroatoms. The van der Waals surface area contributed by atoms with E-state index in [2.05, 4.69) is 16.4 Å². The van der Waals surface area contributed by atoms with Crippen LogP contribution in [0.3, 0.4) is 0 Å². The fourth-order valence-electron chi connectivity index (χ4n) is 3.00. The van der Waals surface area contributed by atoms with Crippen LogP contribution in [0, 0.1) is 0 Å². The maximum absolute atomic E-state index is 12.2. The van der Waals surface area contributed by atoms with E-state index in [0.29, 0.717) is 18.4 Å². The van der Waals surface area contributed by atoms with Gasteiger partial charge in [-0.05, 0) is 50.7 Å². The molecule has 2 aromatic heterocycles. The quantitative estimate of drug-likeness (QED) is 0.916. The number of nitrogens with one attached hydrogen (secondary N) is 1. The summed E-state index contributed by atoms with van der Waals surface area (Å²) in [5.41, 5.74) is 0.982. The van der Waals surface area contributed by atoms with Gasteiger partial charge in [0.15, 0.2) is 0 Å². The molecule has 2 heterocycles. The molecule has 110 valence electrons. The Morgan fingerprint density at radius 2 is 2.19 bits per heavy atom. The second-order valence-electron chi connectivity index (χ2n) is 6.61. The highest BCUT2D eigenvalue weighted by atomic mass is 32.1. The maximum atomic E-state index is 12.2. The predicted octanol–water partition coefficient (Wildman–Crippen LogP) is 2.82. The summed E-state index contributed by atoms with van der Waals surface area (Å²) in [6.07, 6.45) is 5.46. The predicted molar refractivity (Wildman–Crippen MR) is 82.7 cm³/mol. The van der Waals surface area contributed by atoms with Crippen molar-refractivity contribution in [3.63, 3.8) is 0 Å². The topological polar surface area (TPSA) is 62.2 Å². The van der Waals surface area contributed by atoms with Crippen LogP contribution in [-0.4, -0.2) is 27.6 Å². The van der Waals surface area contributed by atoms with Crippen LogP contribution in [0.15, 0.2) is 18.3 Å². The fourth-order valence-corrected chi connectivity index (χ4v) is 4.23. The van der Waals surface area contributed by atoms with Gasteiger partial charge in [-0.3, -0.25) is 9.78 Å². The average Bonchev–Trinajstić information content (AvgIpc) is 3.15. The molecule has 2 fully saturated rings. The van der Waals surface area contributed by atoms with Crippen molar-refractivity contribution >= 4 is 27.5 Å². The summed E-state index contributed by atoms with van der Waals surface area (Å²) < 4.78 is 1.09. The third kappa shape index (κ3) is 2.56. The van der Waals surface area contributed by atoms with Gasteiger partial charge < -0.3 is 10.4 Å². The number of rotatable bonds is 3. The molecule has 0 atom stereocenters. The van der Waals surface area contributed by atoms with Gasteiger partial charge in [0.1, 0.15) is 0 Å². The van der Waals surface area contributed by atoms with E-state index >= 15 is 0 Å². The molecule has 0 saturated heterocycles. The molecular weight excluding hydrogens is 284 g/mol. The van der Waals surface area contributed by atoms with E-state index in [1.807, 2.05) is 6.07 Å². The monoisotopic (exact) mass is 302 g/mol. The summed E-state index contributed by atoms with van der Waals surface area (Å²) in [5, 5.41) is 12.7. The van der Waals surface area contributed by atoms with E-state index in [0.717, 1.165) is 16.1 Å². The molecule has 2 aliphatic carbocycles. The van der Waals surface area contributed by atoms with Crippen LogP contribution >= 0.6 is 11.3 Å². The Bertz CT molecular complexity index is 710. The maximum Gasteiger partial charge on any atom is 0.253 e. The molecule has 2 aliphatic rings. The minimum atomic E-state index is -0.618. The minimum Gasteiger partial charge on any atom is -0.390 e. The molecule has 0 spiro atoms. The molecule has 21 heavy (non-hydrogen) atoms. The Labute approximate surface area is 127 Å². The SMILES string of the molecule is C[C@]1(O)C[C@@H](NC(=O)c2cnc3cc(C4CC4)sc3c2)C1. The van der Waals surface area contributed by atoms with Gasteiger partial charge in [0.2, 0.25) is 0 Å². The number of carbonyl (C=O) groups excluding carboxylic acids is 1. The zero-order valence-corrected chi connectivity index (χ0v) is 12.7. The van der Waals surface area contributed by atoms with E-state index in [9.17, 15) is 9.90 Å². The van der Waals surface area contributed by atoms with Gasteiger partial charge >= 0.3 is 0 Å². The van der Waals surface area contributed by atoms with Gasteiger partial charge in [-0.2, -0.15) is 0 Å². The van der Waals surface area contributed by atoms with E-state index in [4.69, 9.17) is 0 Å². The number of pyridine rings is 1. The second-order valence-corrected chi connectivity index (χ2v) is 7.72. The van der Waals surface area contributed by atoms with E-state index in [1.165, 1.54) is 17.7 Å². The Morgan fingerprint density at radius 1 is 1.43 bits per heavy atom. The summed E-state index contributed by atoms with van der Waals surface area (Å²) >= 11 is 1.76. The second kappa shape index (κ2) is 4.52. The van der Waals surface area contributed by atoms with Crippen LogP contribution in [0.1, 0.15) is 53.8 Å². The van der Waals surface area contributed by atoms with Gasteiger partial charge in [0.25, 0.3) is 5.91 Å². The molecule has 2 N–H and O–H groups in total. The molecule has 0 radical (unpaired) electrons. The lowest BCUT2D eigenvalue weighted by molar-refractivity contribution is -0.0366. The zero-order valence-electron chi connectivity index (χ0n) is 11.9. The fraction of sp³-hybridized carbons (Fsp3) is 0.500. The van der Waals surface area contributed by atoms with Crippen LogP contribution in [0.2, 0.25) is 0 Å². The molecule has 0 unspecified atom stereocenters. The number of aliphatic hydroxyl groups is 1. The van der Waals surface area contributed by atoms with Crippen LogP contribution in [0.4, 0.5) is 0 Å². The summed E-state index contributed by atoms with van der Waals surface area (Å²) in [4.78, 5) is 18.0. The third-order valence-electron chi connectivity index (χ3n) is 4.34. The number of hydrogen-bond donors (Lipinski definition) is 2. The first-order chi connectivity index (χ1) is 10.00. The van der Waals surface area contributed by atoms with Crippen molar-refractivity contribution in [1.82, 2.24) is 10.3 Å². The Morgan fingerprint density at radius 3 is 2.86 bits per heavy atom. The van der Waals surface area contributed by atoms with Crippen molar-refractivity contribution in [2.45, 2.75) is 50.2 Å². The molecular formula is C16H18N2O2S. The number of aromatic nitrogens is 1. The zero-order chi connectivity index (χ0) is 14.6. The lowest BCUT2D eigenvalue weighted by atomic mass is 9.77. The average molecular weight is 302 g/mol. The van der Waals surface area contributed by atoms with Crippen LogP contribution in [0.5, 0.6) is 0 Å². The Kier molecular flexibility index (Phi) is 2.84. The molecule has 0 bridgehead atoms. The lowest BCUT2D eigenvalue weighted by Crippen LogP contribution is -2.53. The number of nitrogens with zero attached hydrogens (tertiary/aromatic N) is 1. The Hall–Kier alpha value is -1.46. The smallest absolute Gasteiger partial charge is 0.253 e.